The summed E-state index contributed by atoms with van der Waals surface area (Å²) in [4.78, 5) is 2.35. The minimum atomic E-state index is -0.878. The fourth-order valence-corrected chi connectivity index (χ4v) is 1.90. The third-order valence-corrected chi connectivity index (χ3v) is 3.53. The van der Waals surface area contributed by atoms with E-state index in [2.05, 4.69) is 15.2 Å². The van der Waals surface area contributed by atoms with Crippen LogP contribution in [0.15, 0.2) is 6.20 Å². The maximum atomic E-state index is 10.1. The van der Waals surface area contributed by atoms with Gasteiger partial charge in [0.2, 0.25) is 0 Å². The van der Waals surface area contributed by atoms with Crippen LogP contribution < -0.4 is 0 Å². The molecule has 18 heavy (non-hydrogen) atoms. The normalized spacial score (nSPS) is 20.8. The Morgan fingerprint density at radius 1 is 1.39 bits per heavy atom. The third-order valence-electron chi connectivity index (χ3n) is 3.53. The molecule has 0 aliphatic carbocycles. The number of aliphatic hydroxyl groups is 1. The molecule has 102 valence electrons. The molecule has 0 bridgehead atoms. The van der Waals surface area contributed by atoms with Crippen LogP contribution in [0.3, 0.4) is 0 Å². The van der Waals surface area contributed by atoms with Gasteiger partial charge in [-0.15, -0.1) is 5.10 Å². The Bertz CT molecular complexity index is 372. The van der Waals surface area contributed by atoms with Crippen molar-refractivity contribution in [1.82, 2.24) is 19.9 Å². The first-order chi connectivity index (χ1) is 8.62. The molecule has 1 saturated heterocycles. The van der Waals surface area contributed by atoms with Gasteiger partial charge in [0.05, 0.1) is 26.0 Å². The highest BCUT2D eigenvalue weighted by Gasteiger charge is 2.24. The molecule has 1 aliphatic heterocycles. The first-order valence-electron chi connectivity index (χ1n) is 6.55. The molecule has 0 saturated carbocycles. The summed E-state index contributed by atoms with van der Waals surface area (Å²) in [5, 5.41) is 18.2. The average Bonchev–Trinajstić information content (AvgIpc) is 2.87. The lowest BCUT2D eigenvalue weighted by Gasteiger charge is -2.26. The van der Waals surface area contributed by atoms with Gasteiger partial charge >= 0.3 is 0 Å². The van der Waals surface area contributed by atoms with Crippen LogP contribution in [0.2, 0.25) is 0 Å². The summed E-state index contributed by atoms with van der Waals surface area (Å²) < 4.78 is 7.11. The van der Waals surface area contributed by atoms with Crippen LogP contribution in [-0.4, -0.2) is 57.8 Å². The number of rotatable bonds is 5. The van der Waals surface area contributed by atoms with Crippen LogP contribution in [0, 0.1) is 0 Å². The maximum Gasteiger partial charge on any atom is 0.114 e. The van der Waals surface area contributed by atoms with Crippen molar-refractivity contribution in [3.8, 4) is 0 Å². The Labute approximate surface area is 108 Å². The quantitative estimate of drug-likeness (QED) is 0.815. The molecule has 6 nitrogen and oxygen atoms in total. The average molecular weight is 254 g/mol. The molecule has 0 spiro atoms. The SMILES string of the molecule is CCC(C)(O)c1cn(CCN2CCOCC2)nn1. The molecule has 6 heteroatoms. The second kappa shape index (κ2) is 5.77. The van der Waals surface area contributed by atoms with E-state index in [-0.39, 0.29) is 0 Å². The largest absolute Gasteiger partial charge is 0.384 e. The Balaban J connectivity index is 1.86. The molecule has 2 heterocycles. The number of ether oxygens (including phenoxy) is 1. The molecule has 1 unspecified atom stereocenters. The van der Waals surface area contributed by atoms with Crippen molar-refractivity contribution in [3.63, 3.8) is 0 Å². The molecule has 1 aliphatic rings. The smallest absolute Gasteiger partial charge is 0.114 e. The van der Waals surface area contributed by atoms with Gasteiger partial charge in [0, 0.05) is 19.6 Å². The van der Waals surface area contributed by atoms with Gasteiger partial charge in [-0.05, 0) is 13.3 Å². The zero-order valence-corrected chi connectivity index (χ0v) is 11.2. The Morgan fingerprint density at radius 3 is 2.78 bits per heavy atom. The second-order valence-electron chi connectivity index (χ2n) is 4.95. The molecule has 0 amide bonds. The van der Waals surface area contributed by atoms with Gasteiger partial charge in [0.25, 0.3) is 0 Å². The lowest BCUT2D eigenvalue weighted by molar-refractivity contribution is 0.0359. The summed E-state index contributed by atoms with van der Waals surface area (Å²) in [6.07, 6.45) is 2.47. The molecule has 0 aromatic carbocycles. The molecular formula is C12H22N4O2. The van der Waals surface area contributed by atoms with Crippen LogP contribution >= 0.6 is 0 Å². The van der Waals surface area contributed by atoms with E-state index in [0.717, 1.165) is 39.4 Å². The highest BCUT2D eigenvalue weighted by atomic mass is 16.5. The third kappa shape index (κ3) is 3.28. The van der Waals surface area contributed by atoms with Gasteiger partial charge in [-0.25, -0.2) is 0 Å². The second-order valence-corrected chi connectivity index (χ2v) is 4.95. The van der Waals surface area contributed by atoms with Gasteiger partial charge < -0.3 is 9.84 Å². The molecule has 1 fully saturated rings. The van der Waals surface area contributed by atoms with Crippen molar-refractivity contribution < 1.29 is 9.84 Å². The van der Waals surface area contributed by atoms with Crippen molar-refractivity contribution in [3.05, 3.63) is 11.9 Å². The summed E-state index contributed by atoms with van der Waals surface area (Å²) in [5.41, 5.74) is -0.232. The van der Waals surface area contributed by atoms with E-state index in [1.165, 1.54) is 0 Å². The summed E-state index contributed by atoms with van der Waals surface area (Å²) >= 11 is 0. The number of hydrogen-bond donors (Lipinski definition) is 1. The first kappa shape index (κ1) is 13.5. The number of nitrogens with zero attached hydrogens (tertiary/aromatic N) is 4. The van der Waals surface area contributed by atoms with E-state index < -0.39 is 5.60 Å². The summed E-state index contributed by atoms with van der Waals surface area (Å²) in [7, 11) is 0. The van der Waals surface area contributed by atoms with Crippen molar-refractivity contribution in [2.75, 3.05) is 32.8 Å². The fourth-order valence-electron chi connectivity index (χ4n) is 1.90. The highest BCUT2D eigenvalue weighted by molar-refractivity contribution is 5.04. The Hall–Kier alpha value is -0.980. The molecule has 2 rings (SSSR count). The van der Waals surface area contributed by atoms with Gasteiger partial charge in [0.15, 0.2) is 0 Å². The van der Waals surface area contributed by atoms with Gasteiger partial charge in [-0.3, -0.25) is 9.58 Å². The molecule has 1 aromatic heterocycles. The van der Waals surface area contributed by atoms with Gasteiger partial charge in [-0.2, -0.15) is 0 Å². The number of hydrogen-bond acceptors (Lipinski definition) is 5. The van der Waals surface area contributed by atoms with Crippen LogP contribution in [0.1, 0.15) is 26.0 Å². The highest BCUT2D eigenvalue weighted by Crippen LogP contribution is 2.20. The van der Waals surface area contributed by atoms with Gasteiger partial charge in [0.1, 0.15) is 11.3 Å². The monoisotopic (exact) mass is 254 g/mol. The lowest BCUT2D eigenvalue weighted by atomic mass is 10.0. The zero-order chi connectivity index (χ0) is 13.0. The van der Waals surface area contributed by atoms with Crippen LogP contribution in [0.5, 0.6) is 0 Å². The summed E-state index contributed by atoms with van der Waals surface area (Å²) in [5.74, 6) is 0. The minimum Gasteiger partial charge on any atom is -0.384 e. The van der Waals surface area contributed by atoms with Crippen molar-refractivity contribution in [2.45, 2.75) is 32.4 Å². The predicted molar refractivity (Wildman–Crippen MR) is 67.1 cm³/mol. The van der Waals surface area contributed by atoms with Crippen molar-refractivity contribution >= 4 is 0 Å². The minimum absolute atomic E-state index is 0.634. The molecule has 1 atom stereocenters. The van der Waals surface area contributed by atoms with Crippen molar-refractivity contribution in [1.29, 1.82) is 0 Å². The Morgan fingerprint density at radius 2 is 2.11 bits per heavy atom. The predicted octanol–water partition coefficient (Wildman–Crippen LogP) is 0.228. The lowest BCUT2D eigenvalue weighted by Crippen LogP contribution is -2.38. The fraction of sp³-hybridized carbons (Fsp3) is 0.833. The zero-order valence-electron chi connectivity index (χ0n) is 11.2. The van der Waals surface area contributed by atoms with E-state index >= 15 is 0 Å². The van der Waals surface area contributed by atoms with Crippen LogP contribution in [0.25, 0.3) is 0 Å². The van der Waals surface area contributed by atoms with E-state index in [1.807, 2.05) is 13.1 Å². The van der Waals surface area contributed by atoms with E-state index in [0.29, 0.717) is 12.1 Å². The van der Waals surface area contributed by atoms with Crippen molar-refractivity contribution in [2.24, 2.45) is 0 Å². The topological polar surface area (TPSA) is 63.4 Å². The summed E-state index contributed by atoms with van der Waals surface area (Å²) in [6, 6.07) is 0. The molecule has 0 radical (unpaired) electrons. The van der Waals surface area contributed by atoms with Crippen LogP contribution in [-0.2, 0) is 16.9 Å². The standard InChI is InChI=1S/C12H22N4O2/c1-3-12(2,17)11-10-16(14-13-11)5-4-15-6-8-18-9-7-15/h10,17H,3-9H2,1-2H3. The first-order valence-corrected chi connectivity index (χ1v) is 6.55. The summed E-state index contributed by atoms with van der Waals surface area (Å²) in [6.45, 7) is 9.03. The number of morpholine rings is 1. The molecule has 1 N–H and O–H groups in total. The maximum absolute atomic E-state index is 10.1. The van der Waals surface area contributed by atoms with E-state index in [9.17, 15) is 5.11 Å². The molecule has 1 aromatic rings. The van der Waals surface area contributed by atoms with Crippen LogP contribution in [0.4, 0.5) is 0 Å². The molecular weight excluding hydrogens is 232 g/mol. The number of aromatic nitrogens is 3. The van der Waals surface area contributed by atoms with Gasteiger partial charge in [-0.1, -0.05) is 12.1 Å². The van der Waals surface area contributed by atoms with E-state index in [1.54, 1.807) is 11.6 Å². The van der Waals surface area contributed by atoms with E-state index in [4.69, 9.17) is 4.74 Å². The Kier molecular flexibility index (Phi) is 4.31.